The molecule has 27 heavy (non-hydrogen) atoms. The lowest BCUT2D eigenvalue weighted by Gasteiger charge is -2.31. The van der Waals surface area contributed by atoms with Gasteiger partial charge in [-0.15, -0.1) is 0 Å². The zero-order valence-electron chi connectivity index (χ0n) is 14.9. The number of nitrogens with zero attached hydrogens (tertiary/aromatic N) is 1. The van der Waals surface area contributed by atoms with Gasteiger partial charge in [-0.1, -0.05) is 41.9 Å². The van der Waals surface area contributed by atoms with E-state index in [-0.39, 0.29) is 18.1 Å². The maximum atomic E-state index is 12.7. The zero-order chi connectivity index (χ0) is 18.9. The molecule has 4 rings (SSSR count). The average Bonchev–Trinajstić information content (AvgIpc) is 3.43. The van der Waals surface area contributed by atoms with Crippen LogP contribution in [0.25, 0.3) is 0 Å². The van der Waals surface area contributed by atoms with Crippen molar-refractivity contribution in [3.63, 3.8) is 0 Å². The first kappa shape index (κ1) is 18.7. The maximum Gasteiger partial charge on any atom is 0.279 e. The smallest absolute Gasteiger partial charge is 0.279 e. The van der Waals surface area contributed by atoms with E-state index >= 15 is 0 Å². The normalized spacial score (nSPS) is 23.9. The molecule has 2 aromatic carbocycles. The zero-order valence-corrected chi connectivity index (χ0v) is 16.5. The molecular weight excluding hydrogens is 384 g/mol. The maximum absolute atomic E-state index is 12.7. The Kier molecular flexibility index (Phi) is 5.41. The number of hydrogen-bond acceptors (Lipinski definition) is 3. The molecule has 0 bridgehead atoms. The summed E-state index contributed by atoms with van der Waals surface area (Å²) in [5.41, 5.74) is 1.19. The summed E-state index contributed by atoms with van der Waals surface area (Å²) >= 11 is 5.88. The Balaban J connectivity index is 1.28. The molecule has 2 aromatic rings. The van der Waals surface area contributed by atoms with Crippen LogP contribution in [-0.2, 0) is 10.2 Å². The van der Waals surface area contributed by atoms with Crippen LogP contribution in [0.3, 0.4) is 0 Å². The summed E-state index contributed by atoms with van der Waals surface area (Å²) in [5.74, 6) is 1.05. The predicted octanol–water partition coefficient (Wildman–Crippen LogP) is 3.57. The molecule has 0 spiro atoms. The fraction of sp³-hybridized carbons (Fsp3) is 0.400. The van der Waals surface area contributed by atoms with Crippen molar-refractivity contribution in [2.24, 2.45) is 0 Å². The van der Waals surface area contributed by atoms with Crippen LogP contribution in [0.5, 0.6) is 5.75 Å². The van der Waals surface area contributed by atoms with Crippen LogP contribution in [0.1, 0.15) is 30.7 Å². The number of hydrogen-bond donors (Lipinski definition) is 1. The van der Waals surface area contributed by atoms with Gasteiger partial charge in [0.25, 0.3) is 10.2 Å². The Morgan fingerprint density at radius 2 is 1.67 bits per heavy atom. The van der Waals surface area contributed by atoms with Crippen LogP contribution in [0.2, 0.25) is 5.02 Å². The van der Waals surface area contributed by atoms with Crippen molar-refractivity contribution in [2.45, 2.75) is 37.3 Å². The molecular formula is C20H23ClN2O3S. The molecule has 0 unspecified atom stereocenters. The first-order valence-electron chi connectivity index (χ1n) is 9.26. The lowest BCUT2D eigenvalue weighted by Crippen LogP contribution is -2.47. The number of rotatable bonds is 6. The lowest BCUT2D eigenvalue weighted by molar-refractivity contribution is 0.134. The molecule has 144 valence electrons. The molecule has 1 aliphatic carbocycles. The number of ether oxygens (including phenoxy) is 1. The lowest BCUT2D eigenvalue weighted by atomic mass is 10.1. The second-order valence-electron chi connectivity index (χ2n) is 7.15. The van der Waals surface area contributed by atoms with Crippen LogP contribution in [0.15, 0.2) is 54.6 Å². The van der Waals surface area contributed by atoms with E-state index in [0.717, 1.165) is 12.2 Å². The standard InChI is InChI=1S/C20H23ClN2O3S/c21-16-6-8-17(9-7-16)26-18-10-12-23(13-11-18)27(24,25)22-20-14-19(20)15-4-2-1-3-5-15/h1-9,18-20,22H,10-14H2/t19-,20+/m0/s1. The molecule has 0 aromatic heterocycles. The molecule has 0 amide bonds. The van der Waals surface area contributed by atoms with Crippen molar-refractivity contribution in [3.05, 3.63) is 65.2 Å². The van der Waals surface area contributed by atoms with Gasteiger partial charge in [-0.3, -0.25) is 0 Å². The molecule has 1 saturated heterocycles. The van der Waals surface area contributed by atoms with Crippen LogP contribution in [0.4, 0.5) is 0 Å². The Morgan fingerprint density at radius 3 is 2.33 bits per heavy atom. The molecule has 2 fully saturated rings. The fourth-order valence-electron chi connectivity index (χ4n) is 3.56. The summed E-state index contributed by atoms with van der Waals surface area (Å²) in [7, 11) is -3.45. The molecule has 2 atom stereocenters. The summed E-state index contributed by atoms with van der Waals surface area (Å²) in [4.78, 5) is 0. The molecule has 1 aliphatic heterocycles. The molecule has 1 N–H and O–H groups in total. The average molecular weight is 407 g/mol. The van der Waals surface area contributed by atoms with E-state index in [4.69, 9.17) is 16.3 Å². The van der Waals surface area contributed by atoms with E-state index in [1.807, 2.05) is 30.3 Å². The molecule has 5 nitrogen and oxygen atoms in total. The van der Waals surface area contributed by atoms with Gasteiger partial charge >= 0.3 is 0 Å². The van der Waals surface area contributed by atoms with E-state index in [0.29, 0.717) is 31.0 Å². The first-order chi connectivity index (χ1) is 13.0. The Labute approximate surface area is 165 Å². The minimum absolute atomic E-state index is 0.000408. The monoisotopic (exact) mass is 406 g/mol. The molecule has 1 heterocycles. The van der Waals surface area contributed by atoms with Gasteiger partial charge in [0.2, 0.25) is 0 Å². The van der Waals surface area contributed by atoms with Crippen molar-refractivity contribution >= 4 is 21.8 Å². The minimum Gasteiger partial charge on any atom is -0.490 e. The highest BCUT2D eigenvalue weighted by atomic mass is 35.5. The topological polar surface area (TPSA) is 58.6 Å². The molecule has 2 aliphatic rings. The van der Waals surface area contributed by atoms with Crippen LogP contribution < -0.4 is 9.46 Å². The highest BCUT2D eigenvalue weighted by molar-refractivity contribution is 7.87. The Morgan fingerprint density at radius 1 is 1.00 bits per heavy atom. The largest absolute Gasteiger partial charge is 0.490 e. The van der Waals surface area contributed by atoms with Gasteiger partial charge in [0.15, 0.2) is 0 Å². The van der Waals surface area contributed by atoms with Gasteiger partial charge < -0.3 is 4.74 Å². The summed E-state index contributed by atoms with van der Waals surface area (Å²) in [6.45, 7) is 0.937. The summed E-state index contributed by atoms with van der Waals surface area (Å²) in [6.07, 6.45) is 2.24. The van der Waals surface area contributed by atoms with Gasteiger partial charge in [0, 0.05) is 30.1 Å². The summed E-state index contributed by atoms with van der Waals surface area (Å²) < 4.78 is 35.7. The van der Waals surface area contributed by atoms with E-state index in [1.54, 1.807) is 12.1 Å². The van der Waals surface area contributed by atoms with Gasteiger partial charge in [-0.25, -0.2) is 0 Å². The third-order valence-electron chi connectivity index (χ3n) is 5.18. The highest BCUT2D eigenvalue weighted by Gasteiger charge is 2.42. The second-order valence-corrected chi connectivity index (χ2v) is 9.29. The number of piperidine rings is 1. The molecule has 0 radical (unpaired) electrons. The van der Waals surface area contributed by atoms with Crippen LogP contribution >= 0.6 is 11.6 Å². The second kappa shape index (κ2) is 7.80. The van der Waals surface area contributed by atoms with Crippen molar-refractivity contribution in [1.82, 2.24) is 9.03 Å². The summed E-state index contributed by atoms with van der Waals surface area (Å²) in [5, 5.41) is 0.670. The van der Waals surface area contributed by atoms with Gasteiger partial charge in [-0.05, 0) is 49.1 Å². The third-order valence-corrected chi connectivity index (χ3v) is 7.07. The van der Waals surface area contributed by atoms with E-state index < -0.39 is 10.2 Å². The third kappa shape index (κ3) is 4.63. The van der Waals surface area contributed by atoms with E-state index in [2.05, 4.69) is 16.9 Å². The first-order valence-corrected chi connectivity index (χ1v) is 11.1. The predicted molar refractivity (Wildman–Crippen MR) is 106 cm³/mol. The summed E-state index contributed by atoms with van der Waals surface area (Å²) in [6, 6.07) is 17.3. The van der Waals surface area contributed by atoms with Crippen LogP contribution in [0, 0.1) is 0 Å². The van der Waals surface area contributed by atoms with Crippen molar-refractivity contribution < 1.29 is 13.2 Å². The van der Waals surface area contributed by atoms with Gasteiger partial charge in [-0.2, -0.15) is 17.4 Å². The molecule has 1 saturated carbocycles. The highest BCUT2D eigenvalue weighted by Crippen LogP contribution is 2.41. The number of halogens is 1. The number of nitrogens with one attached hydrogen (secondary N) is 1. The van der Waals surface area contributed by atoms with E-state index in [1.165, 1.54) is 9.87 Å². The number of benzene rings is 2. The van der Waals surface area contributed by atoms with Crippen molar-refractivity contribution in [2.75, 3.05) is 13.1 Å². The Bertz CT molecular complexity index is 866. The van der Waals surface area contributed by atoms with Gasteiger partial charge in [0.1, 0.15) is 11.9 Å². The molecule has 7 heteroatoms. The Hall–Kier alpha value is -1.60. The van der Waals surface area contributed by atoms with Crippen molar-refractivity contribution in [1.29, 1.82) is 0 Å². The SMILES string of the molecule is O=S(=O)(N[C@@H]1C[C@H]1c1ccccc1)N1CCC(Oc2ccc(Cl)cc2)CC1. The van der Waals surface area contributed by atoms with Crippen LogP contribution in [-0.4, -0.2) is 38.0 Å². The van der Waals surface area contributed by atoms with Gasteiger partial charge in [0.05, 0.1) is 0 Å². The fourth-order valence-corrected chi connectivity index (χ4v) is 5.17. The van der Waals surface area contributed by atoms with E-state index in [9.17, 15) is 8.42 Å². The van der Waals surface area contributed by atoms with Crippen molar-refractivity contribution in [3.8, 4) is 5.75 Å². The quantitative estimate of drug-likeness (QED) is 0.797. The minimum atomic E-state index is -3.45.